The van der Waals surface area contributed by atoms with Crippen LogP contribution in [-0.4, -0.2) is 14.7 Å². The van der Waals surface area contributed by atoms with E-state index in [-0.39, 0.29) is 11.1 Å². The Hall–Kier alpha value is -0.970. The molecule has 4 nitrogen and oxygen atoms in total. The molecule has 1 heterocycles. The van der Waals surface area contributed by atoms with Crippen molar-refractivity contribution < 1.29 is 4.92 Å². The van der Waals surface area contributed by atoms with Crippen molar-refractivity contribution in [3.8, 4) is 0 Å². The molecule has 17 heavy (non-hydrogen) atoms. The van der Waals surface area contributed by atoms with E-state index >= 15 is 0 Å². The number of halogens is 1. The number of aromatic nitrogens is 1. The van der Waals surface area contributed by atoms with Crippen LogP contribution in [0.3, 0.4) is 0 Å². The molecule has 0 bridgehead atoms. The van der Waals surface area contributed by atoms with Crippen molar-refractivity contribution in [2.75, 3.05) is 0 Å². The molecule has 0 aliphatic carbocycles. The molecule has 0 amide bonds. The Morgan fingerprint density at radius 2 is 2.06 bits per heavy atom. The first-order valence-corrected chi connectivity index (χ1v) is 6.38. The highest BCUT2D eigenvalue weighted by molar-refractivity contribution is 9.09. The van der Waals surface area contributed by atoms with Gasteiger partial charge in [-0.2, -0.15) is 0 Å². The Kier molecular flexibility index (Phi) is 4.25. The Morgan fingerprint density at radius 3 is 2.47 bits per heavy atom. The summed E-state index contributed by atoms with van der Waals surface area (Å²) >= 11 is 3.63. The molecule has 94 valence electrons. The van der Waals surface area contributed by atoms with Crippen molar-refractivity contribution in [3.63, 3.8) is 0 Å². The molecule has 0 aliphatic heterocycles. The Labute approximate surface area is 110 Å². The molecule has 0 aromatic carbocycles. The first kappa shape index (κ1) is 14.1. The second kappa shape index (κ2) is 5.12. The highest BCUT2D eigenvalue weighted by Crippen LogP contribution is 2.29. The van der Waals surface area contributed by atoms with Gasteiger partial charge in [0.15, 0.2) is 0 Å². The van der Waals surface area contributed by atoms with Gasteiger partial charge in [0.1, 0.15) is 5.69 Å². The van der Waals surface area contributed by atoms with E-state index in [1.54, 1.807) is 13.0 Å². The molecular formula is C12H17BrN2O2. The average molecular weight is 301 g/mol. The zero-order chi connectivity index (χ0) is 13.2. The summed E-state index contributed by atoms with van der Waals surface area (Å²) in [7, 11) is 0. The number of nitro groups is 1. The van der Waals surface area contributed by atoms with Crippen molar-refractivity contribution in [3.05, 3.63) is 33.6 Å². The van der Waals surface area contributed by atoms with Crippen molar-refractivity contribution in [2.24, 2.45) is 5.41 Å². The van der Waals surface area contributed by atoms with E-state index in [1.807, 2.05) is 0 Å². The molecule has 1 atom stereocenters. The molecule has 0 saturated heterocycles. The molecule has 1 rings (SSSR count). The van der Waals surface area contributed by atoms with Crippen LogP contribution in [0.2, 0.25) is 0 Å². The van der Waals surface area contributed by atoms with Gasteiger partial charge in [-0.05, 0) is 18.4 Å². The summed E-state index contributed by atoms with van der Waals surface area (Å²) in [5.74, 6) is 0. The van der Waals surface area contributed by atoms with Crippen LogP contribution in [0.5, 0.6) is 0 Å². The van der Waals surface area contributed by atoms with Crippen molar-refractivity contribution in [1.82, 2.24) is 4.98 Å². The van der Waals surface area contributed by atoms with Crippen LogP contribution >= 0.6 is 15.9 Å². The van der Waals surface area contributed by atoms with E-state index in [9.17, 15) is 10.1 Å². The van der Waals surface area contributed by atoms with Gasteiger partial charge in [-0.25, -0.2) is 0 Å². The van der Waals surface area contributed by atoms with Gasteiger partial charge < -0.3 is 0 Å². The highest BCUT2D eigenvalue weighted by atomic mass is 79.9. The minimum Gasteiger partial charge on any atom is -0.258 e. The van der Waals surface area contributed by atoms with E-state index in [0.717, 1.165) is 12.1 Å². The summed E-state index contributed by atoms with van der Waals surface area (Å²) in [6, 6.07) is 3.26. The number of pyridine rings is 1. The number of rotatable bonds is 3. The third-order valence-corrected chi connectivity index (χ3v) is 4.34. The molecule has 0 spiro atoms. The first-order chi connectivity index (χ1) is 7.71. The lowest BCUT2D eigenvalue weighted by atomic mass is 9.89. The molecule has 5 heteroatoms. The van der Waals surface area contributed by atoms with Gasteiger partial charge in [0.2, 0.25) is 0 Å². The largest absolute Gasteiger partial charge is 0.290 e. The quantitative estimate of drug-likeness (QED) is 0.486. The number of nitrogens with zero attached hydrogens (tertiary/aromatic N) is 2. The SMILES string of the molecule is Cc1nc(CC(Br)C(C)(C)C)ccc1[N+](=O)[O-]. The molecule has 0 saturated carbocycles. The predicted octanol–water partition coefficient (Wildman–Crippen LogP) is 3.65. The lowest BCUT2D eigenvalue weighted by molar-refractivity contribution is -0.385. The average Bonchev–Trinajstić information content (AvgIpc) is 2.15. The standard InChI is InChI=1S/C12H17BrN2O2/c1-8-10(15(16)17)6-5-9(14-8)7-11(13)12(2,3)4/h5-6,11H,7H2,1-4H3. The maximum Gasteiger partial charge on any atom is 0.290 e. The maximum atomic E-state index is 10.7. The van der Waals surface area contributed by atoms with Crippen LogP contribution in [0.25, 0.3) is 0 Å². The van der Waals surface area contributed by atoms with Crippen LogP contribution in [0.15, 0.2) is 12.1 Å². The minimum atomic E-state index is -0.401. The van der Waals surface area contributed by atoms with E-state index < -0.39 is 4.92 Å². The normalized spacial score (nSPS) is 13.5. The predicted molar refractivity (Wildman–Crippen MR) is 71.5 cm³/mol. The van der Waals surface area contributed by atoms with Gasteiger partial charge in [-0.15, -0.1) is 0 Å². The summed E-state index contributed by atoms with van der Waals surface area (Å²) < 4.78 is 0. The second-order valence-electron chi connectivity index (χ2n) is 5.20. The molecule has 0 fully saturated rings. The summed E-state index contributed by atoms with van der Waals surface area (Å²) in [5, 5.41) is 10.7. The number of hydrogen-bond donors (Lipinski definition) is 0. The third kappa shape index (κ3) is 3.77. The van der Waals surface area contributed by atoms with Crippen molar-refractivity contribution in [2.45, 2.75) is 38.9 Å². The lowest BCUT2D eigenvalue weighted by Crippen LogP contribution is -2.23. The fraction of sp³-hybridized carbons (Fsp3) is 0.583. The molecule has 0 aliphatic rings. The van der Waals surface area contributed by atoms with Crippen LogP contribution in [-0.2, 0) is 6.42 Å². The van der Waals surface area contributed by atoms with Crippen LogP contribution in [0, 0.1) is 22.5 Å². The summed E-state index contributed by atoms with van der Waals surface area (Å²) in [4.78, 5) is 14.8. The smallest absolute Gasteiger partial charge is 0.258 e. The second-order valence-corrected chi connectivity index (χ2v) is 6.31. The van der Waals surface area contributed by atoms with Crippen LogP contribution in [0.4, 0.5) is 5.69 Å². The maximum absolute atomic E-state index is 10.7. The van der Waals surface area contributed by atoms with Crippen LogP contribution in [0.1, 0.15) is 32.2 Å². The topological polar surface area (TPSA) is 56.0 Å². The van der Waals surface area contributed by atoms with Gasteiger partial charge in [0.25, 0.3) is 5.69 Å². The summed E-state index contributed by atoms with van der Waals surface area (Å²) in [5.41, 5.74) is 1.57. The van der Waals surface area contributed by atoms with Gasteiger partial charge in [-0.1, -0.05) is 36.7 Å². The molecule has 0 radical (unpaired) electrons. The molecule has 1 unspecified atom stereocenters. The highest BCUT2D eigenvalue weighted by Gasteiger charge is 2.23. The third-order valence-electron chi connectivity index (χ3n) is 2.64. The Bertz CT molecular complexity index is 427. The van der Waals surface area contributed by atoms with Crippen molar-refractivity contribution >= 4 is 21.6 Å². The van der Waals surface area contributed by atoms with E-state index in [0.29, 0.717) is 10.5 Å². The van der Waals surface area contributed by atoms with Crippen LogP contribution < -0.4 is 0 Å². The minimum absolute atomic E-state index is 0.0793. The molecule has 1 aromatic heterocycles. The molecule has 1 aromatic rings. The Morgan fingerprint density at radius 1 is 1.47 bits per heavy atom. The molecular weight excluding hydrogens is 284 g/mol. The van der Waals surface area contributed by atoms with Gasteiger partial charge in [-0.3, -0.25) is 15.1 Å². The fourth-order valence-electron chi connectivity index (χ4n) is 1.40. The first-order valence-electron chi connectivity index (χ1n) is 5.47. The number of hydrogen-bond acceptors (Lipinski definition) is 3. The zero-order valence-electron chi connectivity index (χ0n) is 10.5. The summed E-state index contributed by atoms with van der Waals surface area (Å²) in [6.07, 6.45) is 0.766. The number of alkyl halides is 1. The van der Waals surface area contributed by atoms with Gasteiger partial charge >= 0.3 is 0 Å². The van der Waals surface area contributed by atoms with E-state index in [4.69, 9.17) is 0 Å². The number of aryl methyl sites for hydroxylation is 1. The summed E-state index contributed by atoms with van der Waals surface area (Å²) in [6.45, 7) is 8.10. The fourth-order valence-corrected chi connectivity index (χ4v) is 1.73. The lowest BCUT2D eigenvalue weighted by Gasteiger charge is -2.25. The van der Waals surface area contributed by atoms with Crippen molar-refractivity contribution in [1.29, 1.82) is 0 Å². The zero-order valence-corrected chi connectivity index (χ0v) is 12.1. The molecule has 0 N–H and O–H groups in total. The monoisotopic (exact) mass is 300 g/mol. The van der Waals surface area contributed by atoms with Gasteiger partial charge in [0, 0.05) is 23.0 Å². The van der Waals surface area contributed by atoms with E-state index in [2.05, 4.69) is 41.7 Å². The van der Waals surface area contributed by atoms with E-state index in [1.165, 1.54) is 6.07 Å². The van der Waals surface area contributed by atoms with Gasteiger partial charge in [0.05, 0.1) is 4.92 Å². The Balaban J connectivity index is 2.88.